The average Bonchev–Trinajstić information content (AvgIpc) is 3.03. The average molecular weight is 473 g/mol. The van der Waals surface area contributed by atoms with Gasteiger partial charge in [0.15, 0.2) is 0 Å². The molecule has 1 aromatic heterocycles. The maximum Gasteiger partial charge on any atom is 0.295 e. The van der Waals surface area contributed by atoms with Gasteiger partial charge in [-0.2, -0.15) is 4.31 Å². The van der Waals surface area contributed by atoms with Gasteiger partial charge in [-0.25, -0.2) is 17.5 Å². The Morgan fingerprint density at radius 3 is 2.42 bits per heavy atom. The summed E-state index contributed by atoms with van der Waals surface area (Å²) in [6.45, 7) is 2.00. The van der Waals surface area contributed by atoms with Gasteiger partial charge in [0.05, 0.1) is 22.2 Å². The SMILES string of the molecule is Cc1c(NC(=O)C2CCCN(S(=O)(=O)c3ccc(F)cc3)C2)c(=O)n(-c2ccccc2)n1C. The topological polar surface area (TPSA) is 93.4 Å². The van der Waals surface area contributed by atoms with Crippen LogP contribution in [0.4, 0.5) is 10.1 Å². The van der Waals surface area contributed by atoms with Crippen LogP contribution in [0, 0.1) is 18.7 Å². The predicted molar refractivity (Wildman–Crippen MR) is 122 cm³/mol. The van der Waals surface area contributed by atoms with Gasteiger partial charge in [-0.3, -0.25) is 14.3 Å². The number of carbonyl (C=O) groups is 1. The van der Waals surface area contributed by atoms with Crippen molar-refractivity contribution >= 4 is 21.6 Å². The molecule has 1 amide bonds. The summed E-state index contributed by atoms with van der Waals surface area (Å²) in [5.74, 6) is -1.54. The molecule has 1 unspecified atom stereocenters. The van der Waals surface area contributed by atoms with Crippen LogP contribution in [0.3, 0.4) is 0 Å². The minimum absolute atomic E-state index is 0.00962. The number of benzene rings is 2. The minimum atomic E-state index is -3.86. The van der Waals surface area contributed by atoms with Crippen molar-refractivity contribution in [3.05, 3.63) is 76.5 Å². The largest absolute Gasteiger partial charge is 0.320 e. The lowest BCUT2D eigenvalue weighted by Gasteiger charge is -2.31. The summed E-state index contributed by atoms with van der Waals surface area (Å²) in [5.41, 5.74) is 1.07. The van der Waals surface area contributed by atoms with Crippen LogP contribution in [0.5, 0.6) is 0 Å². The van der Waals surface area contributed by atoms with Crippen LogP contribution >= 0.6 is 0 Å². The van der Waals surface area contributed by atoms with Gasteiger partial charge in [0.2, 0.25) is 15.9 Å². The summed E-state index contributed by atoms with van der Waals surface area (Å²) in [5, 5.41) is 2.73. The molecule has 1 saturated heterocycles. The van der Waals surface area contributed by atoms with Gasteiger partial charge in [0.1, 0.15) is 11.5 Å². The molecule has 0 spiro atoms. The van der Waals surface area contributed by atoms with E-state index in [9.17, 15) is 22.4 Å². The van der Waals surface area contributed by atoms with Gasteiger partial charge in [0.25, 0.3) is 5.56 Å². The molecule has 0 radical (unpaired) electrons. The number of piperidine rings is 1. The Balaban J connectivity index is 1.55. The third-order valence-corrected chi connectivity index (χ3v) is 7.89. The summed E-state index contributed by atoms with van der Waals surface area (Å²) in [4.78, 5) is 26.1. The summed E-state index contributed by atoms with van der Waals surface area (Å²) in [6.07, 6.45) is 1.00. The number of hydrogen-bond acceptors (Lipinski definition) is 4. The van der Waals surface area contributed by atoms with Crippen molar-refractivity contribution in [3.63, 3.8) is 0 Å². The monoisotopic (exact) mass is 472 g/mol. The van der Waals surface area contributed by atoms with Crippen molar-refractivity contribution in [1.82, 2.24) is 13.7 Å². The Morgan fingerprint density at radius 2 is 1.76 bits per heavy atom. The highest BCUT2D eigenvalue weighted by Gasteiger charge is 2.34. The van der Waals surface area contributed by atoms with Gasteiger partial charge in [-0.1, -0.05) is 18.2 Å². The summed E-state index contributed by atoms with van der Waals surface area (Å²) >= 11 is 0. The molecule has 174 valence electrons. The van der Waals surface area contributed by atoms with Crippen molar-refractivity contribution in [2.24, 2.45) is 13.0 Å². The van der Waals surface area contributed by atoms with E-state index >= 15 is 0 Å². The third kappa shape index (κ3) is 4.36. The molecule has 8 nitrogen and oxygen atoms in total. The van der Waals surface area contributed by atoms with Crippen LogP contribution in [-0.2, 0) is 21.9 Å². The lowest BCUT2D eigenvalue weighted by Crippen LogP contribution is -2.44. The number of aromatic nitrogens is 2. The standard InChI is InChI=1S/C23H25FN4O4S/c1-16-21(23(30)28(26(16)2)19-8-4-3-5-9-19)25-22(29)17-7-6-14-27(15-17)33(31,32)20-12-10-18(24)11-13-20/h3-5,8-13,17H,6-7,14-15H2,1-2H3,(H,25,29). The van der Waals surface area contributed by atoms with E-state index in [1.165, 1.54) is 21.1 Å². The molecular weight excluding hydrogens is 447 g/mol. The highest BCUT2D eigenvalue weighted by atomic mass is 32.2. The maximum absolute atomic E-state index is 13.2. The number of para-hydroxylation sites is 1. The Kier molecular flexibility index (Phi) is 6.22. The molecule has 1 atom stereocenters. The number of amides is 1. The molecule has 0 aliphatic carbocycles. The van der Waals surface area contributed by atoms with Gasteiger partial charge < -0.3 is 5.32 Å². The second-order valence-corrected chi connectivity index (χ2v) is 10.0. The quantitative estimate of drug-likeness (QED) is 0.618. The second-order valence-electron chi connectivity index (χ2n) is 8.08. The van der Waals surface area contributed by atoms with E-state index in [4.69, 9.17) is 0 Å². The number of sulfonamides is 1. The number of carbonyl (C=O) groups excluding carboxylic acids is 1. The van der Waals surface area contributed by atoms with Gasteiger partial charge in [-0.15, -0.1) is 0 Å². The van der Waals surface area contributed by atoms with Crippen molar-refractivity contribution < 1.29 is 17.6 Å². The first kappa shape index (κ1) is 22.9. The molecule has 10 heteroatoms. The molecule has 3 aromatic rings. The van der Waals surface area contributed by atoms with Crippen molar-refractivity contribution in [2.45, 2.75) is 24.7 Å². The van der Waals surface area contributed by atoms with Crippen LogP contribution in [0.2, 0.25) is 0 Å². The molecular formula is C23H25FN4O4S. The van der Waals surface area contributed by atoms with Crippen LogP contribution in [0.15, 0.2) is 64.3 Å². The van der Waals surface area contributed by atoms with Crippen LogP contribution in [0.25, 0.3) is 5.69 Å². The predicted octanol–water partition coefficient (Wildman–Crippen LogP) is 2.66. The normalized spacial score (nSPS) is 17.1. The number of rotatable bonds is 5. The molecule has 0 saturated carbocycles. The van der Waals surface area contributed by atoms with Crippen LogP contribution < -0.4 is 10.9 Å². The highest BCUT2D eigenvalue weighted by Crippen LogP contribution is 2.25. The Morgan fingerprint density at radius 1 is 1.09 bits per heavy atom. The van der Waals surface area contributed by atoms with E-state index in [1.54, 1.807) is 30.8 Å². The molecule has 4 rings (SSSR count). The van der Waals surface area contributed by atoms with E-state index in [2.05, 4.69) is 5.32 Å². The molecule has 0 bridgehead atoms. The lowest BCUT2D eigenvalue weighted by atomic mass is 9.99. The molecule has 1 N–H and O–H groups in total. The Bertz CT molecular complexity index is 1330. The second kappa shape index (κ2) is 8.95. The number of nitrogens with zero attached hydrogens (tertiary/aromatic N) is 3. The number of nitrogens with one attached hydrogen (secondary N) is 1. The fourth-order valence-corrected chi connectivity index (χ4v) is 5.59. The zero-order valence-corrected chi connectivity index (χ0v) is 19.2. The van der Waals surface area contributed by atoms with Crippen molar-refractivity contribution in [2.75, 3.05) is 18.4 Å². The fourth-order valence-electron chi connectivity index (χ4n) is 4.07. The number of anilines is 1. The van der Waals surface area contributed by atoms with Crippen molar-refractivity contribution in [1.29, 1.82) is 0 Å². The molecule has 1 fully saturated rings. The van der Waals surface area contributed by atoms with Gasteiger partial charge >= 0.3 is 0 Å². The molecule has 2 heterocycles. The Labute approximate surface area is 191 Å². The lowest BCUT2D eigenvalue weighted by molar-refractivity contribution is -0.120. The molecule has 33 heavy (non-hydrogen) atoms. The van der Waals surface area contributed by atoms with Crippen LogP contribution in [0.1, 0.15) is 18.5 Å². The van der Waals surface area contributed by atoms with Gasteiger partial charge in [0, 0.05) is 20.1 Å². The first-order chi connectivity index (χ1) is 15.7. The van der Waals surface area contributed by atoms with Gasteiger partial charge in [-0.05, 0) is 56.2 Å². The van der Waals surface area contributed by atoms with E-state index in [1.807, 2.05) is 18.2 Å². The smallest absolute Gasteiger partial charge is 0.295 e. The summed E-state index contributed by atoms with van der Waals surface area (Å²) in [7, 11) is -2.12. The molecule has 2 aromatic carbocycles. The van der Waals surface area contributed by atoms with Crippen molar-refractivity contribution in [3.8, 4) is 5.69 Å². The summed E-state index contributed by atoms with van der Waals surface area (Å²) < 4.78 is 43.5. The third-order valence-electron chi connectivity index (χ3n) is 6.01. The fraction of sp³-hybridized carbons (Fsp3) is 0.304. The van der Waals surface area contributed by atoms with Crippen LogP contribution in [-0.4, -0.2) is 41.1 Å². The molecule has 1 aliphatic rings. The minimum Gasteiger partial charge on any atom is -0.320 e. The number of halogens is 1. The maximum atomic E-state index is 13.2. The first-order valence-electron chi connectivity index (χ1n) is 10.6. The summed E-state index contributed by atoms with van der Waals surface area (Å²) in [6, 6.07) is 13.7. The zero-order valence-electron chi connectivity index (χ0n) is 18.4. The van der Waals surface area contributed by atoms with E-state index in [0.717, 1.165) is 12.1 Å². The van der Waals surface area contributed by atoms with E-state index < -0.39 is 27.7 Å². The zero-order chi connectivity index (χ0) is 23.8. The number of hydrogen-bond donors (Lipinski definition) is 1. The highest BCUT2D eigenvalue weighted by molar-refractivity contribution is 7.89. The molecule has 1 aliphatic heterocycles. The first-order valence-corrected chi connectivity index (χ1v) is 12.0. The van der Waals surface area contributed by atoms with E-state index in [0.29, 0.717) is 24.2 Å². The Hall–Kier alpha value is -3.24. The van der Waals surface area contributed by atoms with E-state index in [-0.39, 0.29) is 29.2 Å².